The molecule has 1 atom stereocenters. The van der Waals surface area contributed by atoms with Crippen LogP contribution in [0.5, 0.6) is 0 Å². The van der Waals surface area contributed by atoms with Gasteiger partial charge < -0.3 is 0 Å². The third-order valence-electron chi connectivity index (χ3n) is 3.20. The quantitative estimate of drug-likeness (QED) is 0.578. The molecule has 100 valence electrons. The summed E-state index contributed by atoms with van der Waals surface area (Å²) in [5.41, 5.74) is 4.43. The Morgan fingerprint density at radius 2 is 1.84 bits per heavy atom. The van der Waals surface area contributed by atoms with Crippen LogP contribution in [0.2, 0.25) is 0 Å². The lowest BCUT2D eigenvalue weighted by atomic mass is 9.98. The number of halogens is 3. The second-order valence-electron chi connectivity index (χ2n) is 4.77. The minimum atomic E-state index is -0.179. The molecule has 19 heavy (non-hydrogen) atoms. The molecule has 0 bridgehead atoms. The molecule has 0 fully saturated rings. The molecule has 0 spiro atoms. The van der Waals surface area contributed by atoms with Gasteiger partial charge in [0.2, 0.25) is 0 Å². The number of hydrogen-bond acceptors (Lipinski definition) is 0. The third kappa shape index (κ3) is 3.67. The number of alkyl halides is 1. The second-order valence-corrected chi connectivity index (χ2v) is 6.79. The highest BCUT2D eigenvalue weighted by Crippen LogP contribution is 2.31. The van der Waals surface area contributed by atoms with E-state index < -0.39 is 0 Å². The molecule has 0 N–H and O–H groups in total. The molecule has 2 aromatic rings. The van der Waals surface area contributed by atoms with E-state index in [1.165, 1.54) is 22.8 Å². The molecular formula is C16H15Br2F. The smallest absolute Gasteiger partial charge is 0.128 e. The SMILES string of the molecule is Cc1ccc(C)c(CC(Br)c2ccc(Br)cc2F)c1. The molecule has 3 heteroatoms. The van der Waals surface area contributed by atoms with E-state index in [1.54, 1.807) is 0 Å². The van der Waals surface area contributed by atoms with Crippen molar-refractivity contribution in [3.05, 3.63) is 68.9 Å². The number of rotatable bonds is 3. The lowest BCUT2D eigenvalue weighted by molar-refractivity contribution is 0.607. The molecule has 0 aliphatic carbocycles. The summed E-state index contributed by atoms with van der Waals surface area (Å²) in [6.45, 7) is 4.17. The van der Waals surface area contributed by atoms with Gasteiger partial charge >= 0.3 is 0 Å². The molecule has 1 unspecified atom stereocenters. The molecule has 0 radical (unpaired) electrons. The van der Waals surface area contributed by atoms with Gasteiger partial charge in [-0.2, -0.15) is 0 Å². The molecule has 0 aliphatic rings. The van der Waals surface area contributed by atoms with Gasteiger partial charge in [-0.1, -0.05) is 61.7 Å². The number of benzene rings is 2. The topological polar surface area (TPSA) is 0 Å². The molecule has 0 aromatic heterocycles. The van der Waals surface area contributed by atoms with E-state index in [1.807, 2.05) is 12.1 Å². The summed E-state index contributed by atoms with van der Waals surface area (Å²) in [7, 11) is 0. The van der Waals surface area contributed by atoms with Crippen molar-refractivity contribution in [2.24, 2.45) is 0 Å². The molecule has 0 aliphatic heterocycles. The molecule has 2 rings (SSSR count). The average Bonchev–Trinajstić information content (AvgIpc) is 2.33. The molecule has 0 amide bonds. The van der Waals surface area contributed by atoms with E-state index in [-0.39, 0.29) is 10.6 Å². The standard InChI is InChI=1S/C16H15Br2F/c1-10-3-4-11(2)12(7-10)8-15(18)14-6-5-13(17)9-16(14)19/h3-7,9,15H,8H2,1-2H3. The summed E-state index contributed by atoms with van der Waals surface area (Å²) in [5, 5.41) is 0. The van der Waals surface area contributed by atoms with Crippen molar-refractivity contribution < 1.29 is 4.39 Å². The van der Waals surface area contributed by atoms with Gasteiger partial charge in [-0.15, -0.1) is 0 Å². The molecule has 0 heterocycles. The van der Waals surface area contributed by atoms with Gasteiger partial charge in [0.05, 0.1) is 0 Å². The predicted molar refractivity (Wildman–Crippen MR) is 85.4 cm³/mol. The Kier molecular flexibility index (Phi) is 4.80. The first-order valence-corrected chi connectivity index (χ1v) is 7.83. The van der Waals surface area contributed by atoms with Crippen LogP contribution in [0.4, 0.5) is 4.39 Å². The zero-order chi connectivity index (χ0) is 14.0. The van der Waals surface area contributed by atoms with E-state index in [4.69, 9.17) is 0 Å². The first kappa shape index (κ1) is 14.7. The lowest BCUT2D eigenvalue weighted by Crippen LogP contribution is -2.00. The Morgan fingerprint density at radius 3 is 2.53 bits per heavy atom. The maximum absolute atomic E-state index is 13.9. The van der Waals surface area contributed by atoms with Gasteiger partial charge in [0, 0.05) is 14.9 Å². The van der Waals surface area contributed by atoms with E-state index in [0.717, 1.165) is 10.9 Å². The van der Waals surface area contributed by atoms with Gasteiger partial charge in [0.25, 0.3) is 0 Å². The number of hydrogen-bond donors (Lipinski definition) is 0. The molecule has 0 nitrogen and oxygen atoms in total. The molecular weight excluding hydrogens is 371 g/mol. The van der Waals surface area contributed by atoms with Gasteiger partial charge in [0.15, 0.2) is 0 Å². The van der Waals surface area contributed by atoms with Crippen molar-refractivity contribution in [3.8, 4) is 0 Å². The zero-order valence-electron chi connectivity index (χ0n) is 10.9. The van der Waals surface area contributed by atoms with Crippen LogP contribution in [0.1, 0.15) is 27.1 Å². The van der Waals surface area contributed by atoms with Crippen molar-refractivity contribution in [2.75, 3.05) is 0 Å². The van der Waals surface area contributed by atoms with Crippen molar-refractivity contribution in [1.82, 2.24) is 0 Å². The minimum absolute atomic E-state index is 0.0129. The molecule has 0 saturated carbocycles. The Labute approximate surface area is 130 Å². The van der Waals surface area contributed by atoms with Gasteiger partial charge in [-0.05, 0) is 43.5 Å². The van der Waals surface area contributed by atoms with E-state index in [9.17, 15) is 4.39 Å². The summed E-state index contributed by atoms with van der Waals surface area (Å²) in [6.07, 6.45) is 0.784. The Balaban J connectivity index is 2.25. The monoisotopic (exact) mass is 384 g/mol. The van der Waals surface area contributed by atoms with Crippen LogP contribution < -0.4 is 0 Å². The van der Waals surface area contributed by atoms with Crippen LogP contribution in [-0.4, -0.2) is 0 Å². The second kappa shape index (κ2) is 6.19. The Morgan fingerprint density at radius 1 is 1.11 bits per heavy atom. The van der Waals surface area contributed by atoms with Crippen molar-refractivity contribution >= 4 is 31.9 Å². The number of aryl methyl sites for hydroxylation is 2. The van der Waals surface area contributed by atoms with Crippen LogP contribution in [-0.2, 0) is 6.42 Å². The van der Waals surface area contributed by atoms with Crippen LogP contribution in [0.25, 0.3) is 0 Å². The lowest BCUT2D eigenvalue weighted by Gasteiger charge is -2.14. The van der Waals surface area contributed by atoms with E-state index in [2.05, 4.69) is 63.9 Å². The highest BCUT2D eigenvalue weighted by molar-refractivity contribution is 9.10. The largest absolute Gasteiger partial charge is 0.207 e. The van der Waals surface area contributed by atoms with Gasteiger partial charge in [-0.25, -0.2) is 4.39 Å². The van der Waals surface area contributed by atoms with Crippen molar-refractivity contribution in [3.63, 3.8) is 0 Å². The van der Waals surface area contributed by atoms with Crippen molar-refractivity contribution in [2.45, 2.75) is 25.1 Å². The highest BCUT2D eigenvalue weighted by atomic mass is 79.9. The summed E-state index contributed by atoms with van der Waals surface area (Å²) in [5.74, 6) is -0.179. The van der Waals surface area contributed by atoms with Gasteiger partial charge in [-0.3, -0.25) is 0 Å². The average molecular weight is 386 g/mol. The Bertz CT molecular complexity index is 593. The normalized spacial score (nSPS) is 12.5. The van der Waals surface area contributed by atoms with Crippen LogP contribution >= 0.6 is 31.9 Å². The van der Waals surface area contributed by atoms with Crippen LogP contribution in [0, 0.1) is 19.7 Å². The van der Waals surface area contributed by atoms with Gasteiger partial charge in [0.1, 0.15) is 5.82 Å². The first-order chi connectivity index (χ1) is 8.97. The maximum atomic E-state index is 13.9. The minimum Gasteiger partial charge on any atom is -0.207 e. The first-order valence-electron chi connectivity index (χ1n) is 6.12. The molecule has 0 saturated heterocycles. The highest BCUT2D eigenvalue weighted by Gasteiger charge is 2.14. The predicted octanol–water partition coefficient (Wildman–Crippen LogP) is 5.88. The van der Waals surface area contributed by atoms with E-state index >= 15 is 0 Å². The summed E-state index contributed by atoms with van der Waals surface area (Å²) in [6, 6.07) is 11.6. The summed E-state index contributed by atoms with van der Waals surface area (Å²) < 4.78 is 14.7. The summed E-state index contributed by atoms with van der Waals surface area (Å²) >= 11 is 6.88. The van der Waals surface area contributed by atoms with E-state index in [0.29, 0.717) is 5.56 Å². The fourth-order valence-electron chi connectivity index (χ4n) is 2.08. The molecule has 2 aromatic carbocycles. The third-order valence-corrected chi connectivity index (χ3v) is 4.51. The van der Waals surface area contributed by atoms with Crippen LogP contribution in [0.15, 0.2) is 40.9 Å². The van der Waals surface area contributed by atoms with Crippen molar-refractivity contribution in [1.29, 1.82) is 0 Å². The fourth-order valence-corrected chi connectivity index (χ4v) is 3.13. The zero-order valence-corrected chi connectivity index (χ0v) is 14.1. The maximum Gasteiger partial charge on any atom is 0.128 e. The Hall–Kier alpha value is -0.670. The summed E-state index contributed by atoms with van der Waals surface area (Å²) in [4.78, 5) is -0.0129. The fraction of sp³-hybridized carbons (Fsp3) is 0.250. The van der Waals surface area contributed by atoms with Crippen LogP contribution in [0.3, 0.4) is 0 Å².